The molecule has 0 radical (unpaired) electrons. The molecule has 0 amide bonds. The van der Waals surface area contributed by atoms with Gasteiger partial charge in [0.1, 0.15) is 0 Å². The Balaban J connectivity index is 1.84. The van der Waals surface area contributed by atoms with E-state index in [0.29, 0.717) is 12.8 Å². The first-order valence-electron chi connectivity index (χ1n) is 6.95. The van der Waals surface area contributed by atoms with E-state index in [2.05, 4.69) is 38.9 Å². The van der Waals surface area contributed by atoms with Gasteiger partial charge in [-0.15, -0.1) is 11.3 Å². The van der Waals surface area contributed by atoms with Gasteiger partial charge in [-0.25, -0.2) is 4.98 Å². The maximum absolute atomic E-state index is 11.1. The van der Waals surface area contributed by atoms with E-state index in [-0.39, 0.29) is 5.97 Å². The van der Waals surface area contributed by atoms with Gasteiger partial charge in [-0.1, -0.05) is 30.3 Å². The Kier molecular flexibility index (Phi) is 5.75. The lowest BCUT2D eigenvalue weighted by atomic mass is 10.1. The first kappa shape index (κ1) is 15.5. The van der Waals surface area contributed by atoms with Crippen LogP contribution in [-0.2, 0) is 22.4 Å². The molecule has 1 heterocycles. The number of anilines is 1. The third kappa shape index (κ3) is 4.86. The Morgan fingerprint density at radius 3 is 2.76 bits per heavy atom. The molecule has 0 unspecified atom stereocenters. The number of thiazole rings is 1. The van der Waals surface area contributed by atoms with Crippen molar-refractivity contribution in [2.24, 2.45) is 0 Å². The van der Waals surface area contributed by atoms with Crippen LogP contribution in [-0.4, -0.2) is 31.7 Å². The summed E-state index contributed by atoms with van der Waals surface area (Å²) in [6.07, 6.45) is 2.01. The molecule has 0 bridgehead atoms. The molecular weight excluding hydrogens is 284 g/mol. The molecule has 0 saturated heterocycles. The van der Waals surface area contributed by atoms with E-state index < -0.39 is 0 Å². The normalized spacial score (nSPS) is 10.4. The SMILES string of the molecule is COC(=O)CCc1csc(N(C)CCc2ccccc2)n1. The summed E-state index contributed by atoms with van der Waals surface area (Å²) in [5.74, 6) is -0.193. The van der Waals surface area contributed by atoms with Crippen LogP contribution >= 0.6 is 11.3 Å². The standard InChI is InChI=1S/C16H20N2O2S/c1-18(11-10-13-6-4-3-5-7-13)16-17-14(12-21-16)8-9-15(19)20-2/h3-7,12H,8-11H2,1-2H3. The number of methoxy groups -OCH3 is 1. The number of rotatable bonds is 7. The summed E-state index contributed by atoms with van der Waals surface area (Å²) >= 11 is 1.61. The summed E-state index contributed by atoms with van der Waals surface area (Å²) in [5, 5.41) is 3.00. The van der Waals surface area contributed by atoms with E-state index in [0.717, 1.165) is 23.8 Å². The Hall–Kier alpha value is -1.88. The minimum Gasteiger partial charge on any atom is -0.469 e. The topological polar surface area (TPSA) is 42.4 Å². The molecule has 0 aliphatic rings. The number of hydrogen-bond donors (Lipinski definition) is 0. The fraction of sp³-hybridized carbons (Fsp3) is 0.375. The number of aromatic nitrogens is 1. The average Bonchev–Trinajstić information content (AvgIpc) is 3.00. The smallest absolute Gasteiger partial charge is 0.305 e. The van der Waals surface area contributed by atoms with Gasteiger partial charge in [0, 0.05) is 25.4 Å². The lowest BCUT2D eigenvalue weighted by Crippen LogP contribution is -2.20. The lowest BCUT2D eigenvalue weighted by Gasteiger charge is -2.15. The van der Waals surface area contributed by atoms with Crippen molar-refractivity contribution in [3.63, 3.8) is 0 Å². The van der Waals surface area contributed by atoms with Crippen molar-refractivity contribution in [3.8, 4) is 0 Å². The zero-order chi connectivity index (χ0) is 15.1. The number of ether oxygens (including phenoxy) is 1. The summed E-state index contributed by atoms with van der Waals surface area (Å²) in [6.45, 7) is 0.925. The van der Waals surface area contributed by atoms with Gasteiger partial charge in [0.2, 0.25) is 0 Å². The van der Waals surface area contributed by atoms with Crippen LogP contribution in [0.1, 0.15) is 17.7 Å². The molecule has 4 nitrogen and oxygen atoms in total. The van der Waals surface area contributed by atoms with E-state index >= 15 is 0 Å². The van der Waals surface area contributed by atoms with Crippen molar-refractivity contribution < 1.29 is 9.53 Å². The van der Waals surface area contributed by atoms with Crippen molar-refractivity contribution in [2.45, 2.75) is 19.3 Å². The van der Waals surface area contributed by atoms with Crippen LogP contribution in [0, 0.1) is 0 Å². The number of nitrogens with zero attached hydrogens (tertiary/aromatic N) is 2. The molecule has 0 aliphatic heterocycles. The summed E-state index contributed by atoms with van der Waals surface area (Å²) in [6, 6.07) is 10.4. The molecule has 0 atom stereocenters. The van der Waals surface area contributed by atoms with Gasteiger partial charge < -0.3 is 9.64 Å². The van der Waals surface area contributed by atoms with Crippen molar-refractivity contribution in [1.29, 1.82) is 0 Å². The molecule has 0 aliphatic carbocycles. The van der Waals surface area contributed by atoms with Gasteiger partial charge in [0.05, 0.1) is 19.2 Å². The van der Waals surface area contributed by atoms with E-state index in [1.165, 1.54) is 12.7 Å². The van der Waals surface area contributed by atoms with Gasteiger partial charge in [0.25, 0.3) is 0 Å². The molecule has 0 spiro atoms. The molecule has 1 aromatic carbocycles. The first-order chi connectivity index (χ1) is 10.2. The third-order valence-corrected chi connectivity index (χ3v) is 4.26. The first-order valence-corrected chi connectivity index (χ1v) is 7.83. The fourth-order valence-corrected chi connectivity index (χ4v) is 2.81. The molecule has 21 heavy (non-hydrogen) atoms. The van der Waals surface area contributed by atoms with Crippen molar-refractivity contribution in [3.05, 3.63) is 47.0 Å². The predicted octanol–water partition coefficient (Wildman–Crippen LogP) is 2.93. The van der Waals surface area contributed by atoms with Gasteiger partial charge in [-0.05, 0) is 12.0 Å². The zero-order valence-electron chi connectivity index (χ0n) is 12.4. The number of esters is 1. The predicted molar refractivity (Wildman–Crippen MR) is 85.9 cm³/mol. The van der Waals surface area contributed by atoms with Gasteiger partial charge in [-0.2, -0.15) is 0 Å². The quantitative estimate of drug-likeness (QED) is 0.738. The summed E-state index contributed by atoms with van der Waals surface area (Å²) in [4.78, 5) is 17.8. The highest BCUT2D eigenvalue weighted by Crippen LogP contribution is 2.20. The highest BCUT2D eigenvalue weighted by molar-refractivity contribution is 7.13. The maximum Gasteiger partial charge on any atom is 0.305 e. The molecule has 0 N–H and O–H groups in total. The van der Waals surface area contributed by atoms with E-state index in [1.54, 1.807) is 11.3 Å². The second-order valence-corrected chi connectivity index (χ2v) is 5.69. The minimum absolute atomic E-state index is 0.193. The molecule has 0 saturated carbocycles. The molecular formula is C16H20N2O2S. The number of carbonyl (C=O) groups excluding carboxylic acids is 1. The zero-order valence-corrected chi connectivity index (χ0v) is 13.2. The van der Waals surface area contributed by atoms with E-state index in [1.807, 2.05) is 18.5 Å². The van der Waals surface area contributed by atoms with Crippen LogP contribution < -0.4 is 4.90 Å². The monoisotopic (exact) mass is 304 g/mol. The highest BCUT2D eigenvalue weighted by atomic mass is 32.1. The van der Waals surface area contributed by atoms with Crippen LogP contribution in [0.25, 0.3) is 0 Å². The van der Waals surface area contributed by atoms with Gasteiger partial charge in [-0.3, -0.25) is 4.79 Å². The number of benzene rings is 1. The second-order valence-electron chi connectivity index (χ2n) is 4.85. The summed E-state index contributed by atoms with van der Waals surface area (Å²) < 4.78 is 4.64. The fourth-order valence-electron chi connectivity index (χ4n) is 1.96. The molecule has 5 heteroatoms. The minimum atomic E-state index is -0.193. The molecule has 112 valence electrons. The lowest BCUT2D eigenvalue weighted by molar-refractivity contribution is -0.140. The Morgan fingerprint density at radius 1 is 1.29 bits per heavy atom. The summed E-state index contributed by atoms with van der Waals surface area (Å²) in [7, 11) is 3.46. The third-order valence-electron chi connectivity index (χ3n) is 3.26. The van der Waals surface area contributed by atoms with Crippen LogP contribution in [0.3, 0.4) is 0 Å². The van der Waals surface area contributed by atoms with E-state index in [4.69, 9.17) is 0 Å². The maximum atomic E-state index is 11.1. The van der Waals surface area contributed by atoms with Crippen molar-refractivity contribution >= 4 is 22.4 Å². The van der Waals surface area contributed by atoms with Gasteiger partial charge >= 0.3 is 5.97 Å². The highest BCUT2D eigenvalue weighted by Gasteiger charge is 2.09. The van der Waals surface area contributed by atoms with Crippen molar-refractivity contribution in [1.82, 2.24) is 4.98 Å². The molecule has 2 aromatic rings. The number of hydrogen-bond acceptors (Lipinski definition) is 5. The molecule has 2 rings (SSSR count). The van der Waals surface area contributed by atoms with Crippen LogP contribution in [0.15, 0.2) is 35.7 Å². The Labute approximate surface area is 129 Å². The van der Waals surface area contributed by atoms with E-state index in [9.17, 15) is 4.79 Å². The van der Waals surface area contributed by atoms with Crippen LogP contribution in [0.5, 0.6) is 0 Å². The number of aryl methyl sites for hydroxylation is 1. The van der Waals surface area contributed by atoms with Gasteiger partial charge in [0.15, 0.2) is 5.13 Å². The Bertz CT molecular complexity index is 569. The largest absolute Gasteiger partial charge is 0.469 e. The Morgan fingerprint density at radius 2 is 2.05 bits per heavy atom. The number of likely N-dealkylation sites (N-methyl/N-ethyl adjacent to an activating group) is 1. The van der Waals surface area contributed by atoms with Crippen LogP contribution in [0.2, 0.25) is 0 Å². The summed E-state index contributed by atoms with van der Waals surface area (Å²) in [5.41, 5.74) is 2.28. The van der Waals surface area contributed by atoms with Crippen molar-refractivity contribution in [2.75, 3.05) is 25.6 Å². The average molecular weight is 304 g/mol. The van der Waals surface area contributed by atoms with Crippen LogP contribution in [0.4, 0.5) is 5.13 Å². The second kappa shape index (κ2) is 7.78. The molecule has 1 aromatic heterocycles. The molecule has 0 fully saturated rings. The number of carbonyl (C=O) groups is 1.